The van der Waals surface area contributed by atoms with Gasteiger partial charge in [0.25, 0.3) is 0 Å². The van der Waals surface area contributed by atoms with Gasteiger partial charge < -0.3 is 32.9 Å². The second kappa shape index (κ2) is 263. The van der Waals surface area contributed by atoms with Crippen LogP contribution in [0.1, 0.15) is 0 Å². The zero-order valence-electron chi connectivity index (χ0n) is 3.67. The molecule has 0 aliphatic heterocycles. The van der Waals surface area contributed by atoms with Gasteiger partial charge in [0.15, 0.2) is 0 Å². The van der Waals surface area contributed by atoms with Gasteiger partial charge in [-0.25, -0.2) is 0 Å². The maximum absolute atomic E-state index is 4.56. The third-order valence-electron chi connectivity index (χ3n) is 0. The number of hydrogen-bond acceptors (Lipinski definition) is 0. The predicted molar refractivity (Wildman–Crippen MR) is 27.5 cm³/mol. The minimum absolute atomic E-state index is 0. The summed E-state index contributed by atoms with van der Waals surface area (Å²) in [5.41, 5.74) is 0. The first-order chi connectivity index (χ1) is 1.00. The molecular weight excluding hydrogens is 299 g/mol. The monoisotopic (exact) mass is 309 g/mol. The Morgan fingerprint density at radius 3 is 0.500 bits per heavy atom. The van der Waals surface area contributed by atoms with Gasteiger partial charge in [-0.1, -0.05) is 0 Å². The van der Waals surface area contributed by atoms with Crippen LogP contribution in [0.4, 0.5) is 0 Å². The molecule has 8 heteroatoms. The van der Waals surface area contributed by atoms with Crippen molar-refractivity contribution in [1.29, 1.82) is 0 Å². The van der Waals surface area contributed by atoms with Crippen molar-refractivity contribution in [3.63, 3.8) is 0 Å². The summed E-state index contributed by atoms with van der Waals surface area (Å²) in [7, 11) is 0. The predicted octanol–water partition coefficient (Wildman–Crippen LogP) is -4.26. The molecule has 0 saturated heterocycles. The summed E-state index contributed by atoms with van der Waals surface area (Å²) in [4.78, 5) is 0. The Bertz CT molecular complexity index is 8.49. The molecule has 0 saturated carbocycles. The quantitative estimate of drug-likeness (QED) is 0.419. The van der Waals surface area contributed by atoms with E-state index >= 15 is 0 Å². The normalized spacial score (nSPS) is 0.875. The average Bonchev–Trinajstić information content (AvgIpc) is 1.00. The van der Waals surface area contributed by atoms with Crippen LogP contribution in [0, 0.1) is 33.9 Å². The molecule has 0 fully saturated rings. The van der Waals surface area contributed by atoms with E-state index in [0.29, 0.717) is 0 Å². The Labute approximate surface area is 72.8 Å². The number of halogens is 1. The van der Waals surface area contributed by atoms with E-state index in [0.717, 1.165) is 0 Å². The Morgan fingerprint density at radius 1 is 0.500 bits per heavy atom. The van der Waals surface area contributed by atoms with Gasteiger partial charge >= 0.3 is 40.4 Å². The number of rotatable bonds is 0. The average molecular weight is 311 g/mol. The molecule has 0 aromatic heterocycles. The van der Waals surface area contributed by atoms with Crippen LogP contribution in [-0.4, -0.2) is 32.9 Å². The summed E-state index contributed by atoms with van der Waals surface area (Å²) < 4.78 is 0. The SMILES string of the molecule is O.O.O.O.O.O.[Cl][Er]. The van der Waals surface area contributed by atoms with Gasteiger partial charge in [0, 0.05) is 0 Å². The van der Waals surface area contributed by atoms with Crippen LogP contribution in [0.25, 0.3) is 0 Å². The summed E-state index contributed by atoms with van der Waals surface area (Å²) in [5, 5.41) is 0. The Kier molecular flexibility index (Phi) is 3980. The van der Waals surface area contributed by atoms with Gasteiger partial charge in [0.05, 0.1) is 0 Å². The van der Waals surface area contributed by atoms with Crippen molar-refractivity contribution in [3.8, 4) is 0 Å². The van der Waals surface area contributed by atoms with E-state index in [4.69, 9.17) is 0 Å². The van der Waals surface area contributed by atoms with E-state index in [2.05, 4.69) is 6.47 Å². The zero-order chi connectivity index (χ0) is 2.00. The fourth-order valence-electron chi connectivity index (χ4n) is 0. The van der Waals surface area contributed by atoms with E-state index in [-0.39, 0.29) is 32.9 Å². The summed E-state index contributed by atoms with van der Waals surface area (Å²) in [6.07, 6.45) is 0. The van der Waals surface area contributed by atoms with E-state index in [1.54, 1.807) is 0 Å². The topological polar surface area (TPSA) is 189 Å². The van der Waals surface area contributed by atoms with Crippen LogP contribution >= 0.6 is 6.47 Å². The van der Waals surface area contributed by atoms with E-state index in [9.17, 15) is 0 Å². The summed E-state index contributed by atoms with van der Waals surface area (Å²) in [6.45, 7) is 4.56. The van der Waals surface area contributed by atoms with Crippen LogP contribution < -0.4 is 0 Å². The van der Waals surface area contributed by atoms with Crippen LogP contribution in [0.3, 0.4) is 0 Å². The standard InChI is InChI=1S/ClH.Er.6H2O/h1H;;6*1H2/q;+1;;;;;;/p-1. The zero-order valence-corrected chi connectivity index (χ0v) is 6.27. The van der Waals surface area contributed by atoms with Crippen molar-refractivity contribution >= 4 is 6.47 Å². The molecule has 12 N–H and O–H groups in total. The molecule has 0 aromatic carbocycles. The van der Waals surface area contributed by atoms with Crippen molar-refractivity contribution in [2.75, 3.05) is 0 Å². The van der Waals surface area contributed by atoms with Gasteiger partial charge in [-0.15, -0.1) is 0 Å². The molecular formula is H12ClErO6. The van der Waals surface area contributed by atoms with Gasteiger partial charge in [-0.05, 0) is 0 Å². The van der Waals surface area contributed by atoms with Crippen LogP contribution in [-0.2, 0) is 0 Å². The second-order valence-electron chi connectivity index (χ2n) is 0. The number of hydrogen-bond donors (Lipinski definition) is 0. The molecule has 0 radical (unpaired) electrons. The second-order valence-corrected chi connectivity index (χ2v) is 0. The van der Waals surface area contributed by atoms with E-state index in [1.165, 1.54) is 0 Å². The van der Waals surface area contributed by atoms with Crippen LogP contribution in [0.15, 0.2) is 0 Å². The molecule has 67 valence electrons. The summed E-state index contributed by atoms with van der Waals surface area (Å²) >= 11 is 1.89. The summed E-state index contributed by atoms with van der Waals surface area (Å²) in [6, 6.07) is 0. The molecule has 0 unspecified atom stereocenters. The molecule has 0 bridgehead atoms. The molecule has 0 aliphatic rings. The molecule has 0 aromatic rings. The Morgan fingerprint density at radius 2 is 0.500 bits per heavy atom. The van der Waals surface area contributed by atoms with Gasteiger partial charge in [-0.3, -0.25) is 0 Å². The van der Waals surface area contributed by atoms with Gasteiger partial charge in [0.1, 0.15) is 0 Å². The molecule has 0 amide bonds. The molecule has 0 atom stereocenters. The summed E-state index contributed by atoms with van der Waals surface area (Å²) in [5.74, 6) is 0. The third-order valence-corrected chi connectivity index (χ3v) is 0. The van der Waals surface area contributed by atoms with Crippen molar-refractivity contribution in [2.24, 2.45) is 0 Å². The molecule has 0 heterocycles. The first-order valence-corrected chi connectivity index (χ1v) is 2.43. The van der Waals surface area contributed by atoms with Crippen LogP contribution in [0.5, 0.6) is 0 Å². The fraction of sp³-hybridized carbons (Fsp3) is 0. The van der Waals surface area contributed by atoms with Gasteiger partial charge in [0.2, 0.25) is 0 Å². The van der Waals surface area contributed by atoms with E-state index in [1.807, 2.05) is 33.9 Å². The Balaban J connectivity index is -0.000000000333. The first-order valence-electron chi connectivity index (χ1n) is 0.109. The third kappa shape index (κ3) is 172. The molecule has 6 nitrogen and oxygen atoms in total. The van der Waals surface area contributed by atoms with Crippen molar-refractivity contribution in [2.45, 2.75) is 0 Å². The van der Waals surface area contributed by atoms with Crippen molar-refractivity contribution in [3.05, 3.63) is 0 Å². The van der Waals surface area contributed by atoms with Crippen molar-refractivity contribution in [1.82, 2.24) is 0 Å². The minimum atomic E-state index is 0. The van der Waals surface area contributed by atoms with Crippen molar-refractivity contribution < 1.29 is 66.7 Å². The fourth-order valence-corrected chi connectivity index (χ4v) is 0. The van der Waals surface area contributed by atoms with E-state index < -0.39 is 0 Å². The molecule has 8 heavy (non-hydrogen) atoms. The Hall–Kier alpha value is 1.30. The molecule has 0 aliphatic carbocycles. The first kappa shape index (κ1) is 121. The molecule has 0 rings (SSSR count). The molecule has 0 spiro atoms. The van der Waals surface area contributed by atoms with Gasteiger partial charge in [-0.2, -0.15) is 0 Å². The van der Waals surface area contributed by atoms with Crippen LogP contribution in [0.2, 0.25) is 0 Å². The maximum atomic E-state index is 4.56.